The Morgan fingerprint density at radius 3 is 2.35 bits per heavy atom. The van der Waals surface area contributed by atoms with E-state index < -0.39 is 0 Å². The minimum absolute atomic E-state index is 0.261. The Bertz CT molecular complexity index is 221. The number of unbranched alkanes of at least 4 members (excludes halogenated alkanes) is 2. The van der Waals surface area contributed by atoms with E-state index in [2.05, 4.69) is 20.4 Å². The van der Waals surface area contributed by atoms with Crippen LogP contribution in [-0.2, 0) is 9.53 Å². The lowest BCUT2D eigenvalue weighted by atomic mass is 9.94. The molecule has 0 amide bonds. The second-order valence-electron chi connectivity index (χ2n) is 4.83. The van der Waals surface area contributed by atoms with Gasteiger partial charge in [-0.15, -0.1) is 0 Å². The molecule has 0 saturated heterocycles. The molecule has 0 spiro atoms. The van der Waals surface area contributed by atoms with Crippen LogP contribution < -0.4 is 0 Å². The van der Waals surface area contributed by atoms with Crippen LogP contribution in [0.25, 0.3) is 0 Å². The van der Waals surface area contributed by atoms with Gasteiger partial charge < -0.3 is 4.74 Å². The van der Waals surface area contributed by atoms with Gasteiger partial charge >= 0.3 is 5.97 Å². The van der Waals surface area contributed by atoms with Gasteiger partial charge in [0.05, 0.1) is 6.61 Å². The third-order valence-electron chi connectivity index (χ3n) is 3.13. The SMILES string of the molecule is C=C(C)C(=O)OCCCCC(CC)CCCC. The molecule has 0 aliphatic heterocycles. The van der Waals surface area contributed by atoms with Crippen molar-refractivity contribution in [1.82, 2.24) is 0 Å². The summed E-state index contributed by atoms with van der Waals surface area (Å²) in [4.78, 5) is 11.1. The van der Waals surface area contributed by atoms with Gasteiger partial charge in [0.25, 0.3) is 0 Å². The summed E-state index contributed by atoms with van der Waals surface area (Å²) in [6, 6.07) is 0. The van der Waals surface area contributed by atoms with Crippen molar-refractivity contribution >= 4 is 5.97 Å². The van der Waals surface area contributed by atoms with Crippen molar-refractivity contribution in [2.24, 2.45) is 5.92 Å². The summed E-state index contributed by atoms with van der Waals surface area (Å²) in [5.41, 5.74) is 0.486. The topological polar surface area (TPSA) is 26.3 Å². The van der Waals surface area contributed by atoms with Crippen molar-refractivity contribution in [2.45, 2.75) is 65.7 Å². The Morgan fingerprint density at radius 2 is 1.82 bits per heavy atom. The molecule has 0 bridgehead atoms. The Morgan fingerprint density at radius 1 is 1.18 bits per heavy atom. The minimum atomic E-state index is -0.261. The van der Waals surface area contributed by atoms with E-state index in [1.165, 1.54) is 32.1 Å². The van der Waals surface area contributed by atoms with Gasteiger partial charge in [-0.2, -0.15) is 0 Å². The fourth-order valence-corrected chi connectivity index (χ4v) is 1.87. The first kappa shape index (κ1) is 16.2. The second-order valence-corrected chi connectivity index (χ2v) is 4.83. The first-order chi connectivity index (χ1) is 8.11. The largest absolute Gasteiger partial charge is 0.462 e. The summed E-state index contributed by atoms with van der Waals surface area (Å²) in [5, 5.41) is 0. The fraction of sp³-hybridized carbons (Fsp3) is 0.800. The molecular weight excluding hydrogens is 212 g/mol. The van der Waals surface area contributed by atoms with E-state index in [0.29, 0.717) is 12.2 Å². The van der Waals surface area contributed by atoms with Gasteiger partial charge in [0.2, 0.25) is 0 Å². The second kappa shape index (κ2) is 10.4. The quantitative estimate of drug-likeness (QED) is 0.319. The van der Waals surface area contributed by atoms with E-state index >= 15 is 0 Å². The van der Waals surface area contributed by atoms with Crippen molar-refractivity contribution in [3.63, 3.8) is 0 Å². The molecule has 0 fully saturated rings. The average Bonchev–Trinajstić information content (AvgIpc) is 2.32. The van der Waals surface area contributed by atoms with Crippen LogP contribution in [0.3, 0.4) is 0 Å². The zero-order valence-electron chi connectivity index (χ0n) is 11.8. The van der Waals surface area contributed by atoms with Crippen LogP contribution in [0, 0.1) is 5.92 Å². The van der Waals surface area contributed by atoms with Crippen LogP contribution in [0.1, 0.15) is 65.7 Å². The molecular formula is C15H28O2. The van der Waals surface area contributed by atoms with Gasteiger partial charge in [0, 0.05) is 5.57 Å². The Labute approximate surface area is 106 Å². The number of hydrogen-bond acceptors (Lipinski definition) is 2. The maximum Gasteiger partial charge on any atom is 0.333 e. The van der Waals surface area contributed by atoms with E-state index in [0.717, 1.165) is 18.8 Å². The van der Waals surface area contributed by atoms with Crippen molar-refractivity contribution in [2.75, 3.05) is 6.61 Å². The molecule has 2 heteroatoms. The zero-order valence-corrected chi connectivity index (χ0v) is 11.8. The summed E-state index contributed by atoms with van der Waals surface area (Å²) in [6.07, 6.45) is 8.63. The molecule has 0 aromatic heterocycles. The highest BCUT2D eigenvalue weighted by atomic mass is 16.5. The summed E-state index contributed by atoms with van der Waals surface area (Å²) in [5.74, 6) is 0.592. The number of esters is 1. The molecule has 2 nitrogen and oxygen atoms in total. The number of rotatable bonds is 10. The third-order valence-corrected chi connectivity index (χ3v) is 3.13. The van der Waals surface area contributed by atoms with Crippen molar-refractivity contribution < 1.29 is 9.53 Å². The standard InChI is InChI=1S/C15H28O2/c1-5-7-10-14(6-2)11-8-9-12-17-15(16)13(3)4/h14H,3,5-12H2,1-2,4H3. The van der Waals surface area contributed by atoms with Crippen molar-refractivity contribution in [3.8, 4) is 0 Å². The molecule has 0 rings (SSSR count). The summed E-state index contributed by atoms with van der Waals surface area (Å²) >= 11 is 0. The van der Waals surface area contributed by atoms with Crippen LogP contribution in [0.5, 0.6) is 0 Å². The lowest BCUT2D eigenvalue weighted by molar-refractivity contribution is -0.139. The van der Waals surface area contributed by atoms with E-state index in [9.17, 15) is 4.79 Å². The zero-order chi connectivity index (χ0) is 13.1. The first-order valence-corrected chi connectivity index (χ1v) is 6.94. The van der Waals surface area contributed by atoms with Gasteiger partial charge in [-0.05, 0) is 25.7 Å². The van der Waals surface area contributed by atoms with Gasteiger partial charge in [0.15, 0.2) is 0 Å². The van der Waals surface area contributed by atoms with Crippen LogP contribution in [0.15, 0.2) is 12.2 Å². The van der Waals surface area contributed by atoms with Crippen LogP contribution in [0.4, 0.5) is 0 Å². The van der Waals surface area contributed by atoms with Gasteiger partial charge in [0.1, 0.15) is 0 Å². The predicted molar refractivity (Wildman–Crippen MR) is 72.9 cm³/mol. The third kappa shape index (κ3) is 8.96. The Kier molecular flexibility index (Phi) is 9.89. The number of hydrogen-bond donors (Lipinski definition) is 0. The summed E-state index contributed by atoms with van der Waals surface area (Å²) < 4.78 is 5.06. The molecule has 0 heterocycles. The molecule has 1 unspecified atom stereocenters. The molecule has 0 aliphatic carbocycles. The maximum absolute atomic E-state index is 11.1. The summed E-state index contributed by atoms with van der Waals surface area (Å²) in [7, 11) is 0. The molecule has 1 atom stereocenters. The van der Waals surface area contributed by atoms with Gasteiger partial charge in [-0.25, -0.2) is 4.79 Å². The predicted octanol–water partition coefficient (Wildman–Crippen LogP) is 4.49. The molecule has 0 saturated carbocycles. The lowest BCUT2D eigenvalue weighted by Crippen LogP contribution is -2.07. The lowest BCUT2D eigenvalue weighted by Gasteiger charge is -2.13. The van der Waals surface area contributed by atoms with Crippen LogP contribution in [-0.4, -0.2) is 12.6 Å². The van der Waals surface area contributed by atoms with E-state index in [1.54, 1.807) is 6.92 Å². The van der Waals surface area contributed by atoms with Gasteiger partial charge in [-0.1, -0.05) is 52.5 Å². The molecule has 0 aliphatic rings. The maximum atomic E-state index is 11.1. The summed E-state index contributed by atoms with van der Waals surface area (Å²) in [6.45, 7) is 10.3. The minimum Gasteiger partial charge on any atom is -0.462 e. The van der Waals surface area contributed by atoms with Gasteiger partial charge in [-0.3, -0.25) is 0 Å². The van der Waals surface area contributed by atoms with E-state index in [-0.39, 0.29) is 5.97 Å². The van der Waals surface area contributed by atoms with Crippen LogP contribution >= 0.6 is 0 Å². The highest BCUT2D eigenvalue weighted by Crippen LogP contribution is 2.19. The molecule has 17 heavy (non-hydrogen) atoms. The number of carbonyl (C=O) groups excluding carboxylic acids is 1. The molecule has 0 aromatic rings. The number of ether oxygens (including phenoxy) is 1. The highest BCUT2D eigenvalue weighted by Gasteiger charge is 2.06. The van der Waals surface area contributed by atoms with E-state index in [1.807, 2.05) is 0 Å². The monoisotopic (exact) mass is 240 g/mol. The fourth-order valence-electron chi connectivity index (χ4n) is 1.87. The van der Waals surface area contributed by atoms with Crippen LogP contribution in [0.2, 0.25) is 0 Å². The Hall–Kier alpha value is -0.790. The smallest absolute Gasteiger partial charge is 0.333 e. The first-order valence-electron chi connectivity index (χ1n) is 6.94. The number of carbonyl (C=O) groups is 1. The average molecular weight is 240 g/mol. The van der Waals surface area contributed by atoms with Crippen molar-refractivity contribution in [3.05, 3.63) is 12.2 Å². The molecule has 100 valence electrons. The molecule has 0 N–H and O–H groups in total. The normalized spacial score (nSPS) is 12.2. The molecule has 0 aromatic carbocycles. The Balaban J connectivity index is 3.48. The highest BCUT2D eigenvalue weighted by molar-refractivity contribution is 5.86. The van der Waals surface area contributed by atoms with Crippen molar-refractivity contribution in [1.29, 1.82) is 0 Å². The van der Waals surface area contributed by atoms with E-state index in [4.69, 9.17) is 4.74 Å². The molecule has 0 radical (unpaired) electrons.